The van der Waals surface area contributed by atoms with Gasteiger partial charge in [-0.2, -0.15) is 0 Å². The zero-order valence-corrected chi connectivity index (χ0v) is 21.9. The van der Waals surface area contributed by atoms with Gasteiger partial charge in [-0.3, -0.25) is 9.69 Å². The van der Waals surface area contributed by atoms with Crippen molar-refractivity contribution in [3.05, 3.63) is 66.2 Å². The predicted octanol–water partition coefficient (Wildman–Crippen LogP) is 3.14. The van der Waals surface area contributed by atoms with Gasteiger partial charge < -0.3 is 24.6 Å². The maximum atomic E-state index is 10.8. The number of carbonyl (C=O) groups is 3. The van der Waals surface area contributed by atoms with Gasteiger partial charge in [0.2, 0.25) is 0 Å². The van der Waals surface area contributed by atoms with E-state index < -0.39 is 11.9 Å². The number of piperazine rings is 1. The highest BCUT2D eigenvalue weighted by molar-refractivity contribution is 7.99. The third-order valence-corrected chi connectivity index (χ3v) is 6.71. The summed E-state index contributed by atoms with van der Waals surface area (Å²) >= 11 is 1.79. The zero-order chi connectivity index (χ0) is 27.3. The van der Waals surface area contributed by atoms with Crippen molar-refractivity contribution in [1.29, 1.82) is 0 Å². The molecule has 2 aliphatic rings. The Hall–Kier alpha value is -3.67. The number of amidine groups is 1. The fourth-order valence-electron chi connectivity index (χ4n) is 3.78. The largest absolute Gasteiger partial charge is 0.478 e. The van der Waals surface area contributed by atoms with Crippen LogP contribution in [-0.4, -0.2) is 96.3 Å². The Morgan fingerprint density at radius 1 is 0.895 bits per heavy atom. The number of carboxylic acid groups (broad SMARTS) is 2. The van der Waals surface area contributed by atoms with Gasteiger partial charge in [-0.05, 0) is 18.2 Å². The van der Waals surface area contributed by atoms with Crippen LogP contribution in [0.3, 0.4) is 0 Å². The van der Waals surface area contributed by atoms with Crippen LogP contribution in [-0.2, 0) is 23.9 Å². The van der Waals surface area contributed by atoms with Crippen LogP contribution in [0.1, 0.15) is 12.5 Å². The molecule has 0 bridgehead atoms. The van der Waals surface area contributed by atoms with Gasteiger partial charge in [0, 0.05) is 67.2 Å². The lowest BCUT2D eigenvalue weighted by Crippen LogP contribution is -2.49. The molecule has 2 aliphatic heterocycles. The summed E-state index contributed by atoms with van der Waals surface area (Å²) in [6.45, 7) is 7.54. The Kier molecular flexibility index (Phi) is 11.3. The van der Waals surface area contributed by atoms with E-state index >= 15 is 0 Å². The highest BCUT2D eigenvalue weighted by atomic mass is 32.2. The third-order valence-electron chi connectivity index (χ3n) is 5.56. The summed E-state index contributed by atoms with van der Waals surface area (Å²) in [6, 6.07) is 16.9. The van der Waals surface area contributed by atoms with Crippen LogP contribution < -0.4 is 0 Å². The van der Waals surface area contributed by atoms with Gasteiger partial charge in [-0.1, -0.05) is 42.1 Å². The summed E-state index contributed by atoms with van der Waals surface area (Å²) < 4.78 is 10.5. The monoisotopic (exact) mass is 541 g/mol. The Bertz CT molecular complexity index is 1160. The van der Waals surface area contributed by atoms with E-state index in [0.29, 0.717) is 32.0 Å². The Morgan fingerprint density at radius 2 is 1.53 bits per heavy atom. The Labute approximate surface area is 225 Å². The van der Waals surface area contributed by atoms with Crippen molar-refractivity contribution < 1.29 is 34.1 Å². The first-order chi connectivity index (χ1) is 18.3. The lowest BCUT2D eigenvalue weighted by molar-refractivity contribution is -0.142. The first-order valence-electron chi connectivity index (χ1n) is 12.1. The maximum Gasteiger partial charge on any atom is 0.328 e. The molecular formula is C27H31N3O7S. The first kappa shape index (κ1) is 28.9. The summed E-state index contributed by atoms with van der Waals surface area (Å²) in [5, 5.41) is 15.6. The lowest BCUT2D eigenvalue weighted by Gasteiger charge is -2.36. The first-order valence-corrected chi connectivity index (χ1v) is 12.9. The van der Waals surface area contributed by atoms with E-state index in [9.17, 15) is 14.4 Å². The highest BCUT2D eigenvalue weighted by Gasteiger charge is 2.25. The van der Waals surface area contributed by atoms with Crippen molar-refractivity contribution in [3.8, 4) is 0 Å². The molecule has 38 heavy (non-hydrogen) atoms. The number of nitrogens with zero attached hydrogens (tertiary/aromatic N) is 3. The topological polar surface area (TPSA) is 129 Å². The van der Waals surface area contributed by atoms with Crippen LogP contribution in [0, 0.1) is 0 Å². The summed E-state index contributed by atoms with van der Waals surface area (Å²) in [5.74, 6) is -1.71. The van der Waals surface area contributed by atoms with E-state index in [-0.39, 0.29) is 5.97 Å². The standard InChI is InChI=1S/C23H27N3O3S.C4H4O4/c1-18(27)29-17-16-28-15-14-25-10-12-26(13-11-25)23-19-6-2-4-8-21(19)30-22-9-5-3-7-20(22)24-23;5-3(6)1-2-4(7)8/h2-9H,10-17H2,1H3;1-2H,(H,5,6)(H,7,8)/b;2-1-. The normalized spacial score (nSPS) is 14.9. The number of benzene rings is 2. The van der Waals surface area contributed by atoms with Gasteiger partial charge in [-0.25, -0.2) is 14.6 Å². The Morgan fingerprint density at radius 3 is 2.18 bits per heavy atom. The number of carboxylic acids is 2. The number of aliphatic imine (C=N–C) groups is 1. The molecule has 1 fully saturated rings. The average molecular weight is 542 g/mol. The molecule has 2 N–H and O–H groups in total. The molecule has 2 aromatic carbocycles. The minimum Gasteiger partial charge on any atom is -0.478 e. The van der Waals surface area contributed by atoms with Crippen LogP contribution >= 0.6 is 11.8 Å². The number of fused-ring (bicyclic) bond motifs is 2. The Balaban J connectivity index is 0.000000436. The molecule has 1 saturated heterocycles. The molecule has 0 radical (unpaired) electrons. The maximum absolute atomic E-state index is 10.8. The van der Waals surface area contributed by atoms with E-state index in [0.717, 1.165) is 44.2 Å². The number of para-hydroxylation sites is 1. The molecular weight excluding hydrogens is 510 g/mol. The molecule has 0 saturated carbocycles. The number of carbonyl (C=O) groups excluding carboxylic acids is 1. The van der Waals surface area contributed by atoms with Gasteiger partial charge >= 0.3 is 17.9 Å². The van der Waals surface area contributed by atoms with Gasteiger partial charge in [0.1, 0.15) is 12.4 Å². The van der Waals surface area contributed by atoms with Gasteiger partial charge in [0.05, 0.1) is 18.9 Å². The summed E-state index contributed by atoms with van der Waals surface area (Å²) in [7, 11) is 0. The second-order valence-corrected chi connectivity index (χ2v) is 9.38. The minimum absolute atomic E-state index is 0.265. The summed E-state index contributed by atoms with van der Waals surface area (Å²) in [5.41, 5.74) is 2.25. The average Bonchev–Trinajstić information content (AvgIpc) is 3.07. The van der Waals surface area contributed by atoms with Gasteiger partial charge in [-0.15, -0.1) is 0 Å². The molecule has 0 aromatic heterocycles. The van der Waals surface area contributed by atoms with E-state index in [1.54, 1.807) is 11.8 Å². The molecule has 0 amide bonds. The number of ether oxygens (including phenoxy) is 2. The highest BCUT2D eigenvalue weighted by Crippen LogP contribution is 2.40. The van der Waals surface area contributed by atoms with Crippen molar-refractivity contribution in [3.63, 3.8) is 0 Å². The van der Waals surface area contributed by atoms with Crippen molar-refractivity contribution in [2.75, 3.05) is 52.5 Å². The SMILES string of the molecule is CC(=O)OCCOCCN1CCN(C2=Nc3ccccc3Sc3ccccc32)CC1.O=C(O)/C=C\C(=O)O. The number of hydrogen-bond donors (Lipinski definition) is 2. The van der Waals surface area contributed by atoms with Crippen LogP contribution in [0.2, 0.25) is 0 Å². The van der Waals surface area contributed by atoms with Crippen LogP contribution in [0.15, 0.2) is 75.5 Å². The van der Waals surface area contributed by atoms with E-state index in [1.165, 1.54) is 22.3 Å². The number of aliphatic carboxylic acids is 2. The molecule has 10 nitrogen and oxygen atoms in total. The van der Waals surface area contributed by atoms with Crippen LogP contribution in [0.5, 0.6) is 0 Å². The van der Waals surface area contributed by atoms with E-state index in [4.69, 9.17) is 24.7 Å². The molecule has 2 aromatic rings. The molecule has 0 unspecified atom stereocenters. The number of hydrogen-bond acceptors (Lipinski definition) is 9. The van der Waals surface area contributed by atoms with E-state index in [1.807, 2.05) is 0 Å². The van der Waals surface area contributed by atoms with Gasteiger partial charge in [0.15, 0.2) is 0 Å². The predicted molar refractivity (Wildman–Crippen MR) is 143 cm³/mol. The molecule has 11 heteroatoms. The fourth-order valence-corrected chi connectivity index (χ4v) is 4.79. The lowest BCUT2D eigenvalue weighted by atomic mass is 10.1. The molecule has 0 aliphatic carbocycles. The molecule has 4 rings (SSSR count). The van der Waals surface area contributed by atoms with Crippen LogP contribution in [0.25, 0.3) is 0 Å². The third kappa shape index (κ3) is 9.33. The summed E-state index contributed by atoms with van der Waals surface area (Å²) in [4.78, 5) is 42.2. The van der Waals surface area contributed by atoms with Crippen molar-refractivity contribution >= 4 is 41.2 Å². The zero-order valence-electron chi connectivity index (χ0n) is 21.1. The van der Waals surface area contributed by atoms with Crippen molar-refractivity contribution in [2.45, 2.75) is 16.7 Å². The molecule has 0 spiro atoms. The van der Waals surface area contributed by atoms with Crippen molar-refractivity contribution in [1.82, 2.24) is 9.80 Å². The molecule has 0 atom stereocenters. The second-order valence-electron chi connectivity index (χ2n) is 8.29. The molecule has 2 heterocycles. The van der Waals surface area contributed by atoms with E-state index in [2.05, 4.69) is 58.3 Å². The smallest absolute Gasteiger partial charge is 0.328 e. The number of esters is 1. The van der Waals surface area contributed by atoms with Crippen LogP contribution in [0.4, 0.5) is 5.69 Å². The second kappa shape index (κ2) is 14.9. The quantitative estimate of drug-likeness (QED) is 0.292. The minimum atomic E-state index is -1.26. The number of rotatable bonds is 8. The fraction of sp³-hybridized carbons (Fsp3) is 0.333. The van der Waals surface area contributed by atoms with Gasteiger partial charge in [0.25, 0.3) is 0 Å². The summed E-state index contributed by atoms with van der Waals surface area (Å²) in [6.07, 6.45) is 1.12. The molecule has 202 valence electrons. The van der Waals surface area contributed by atoms with Crippen molar-refractivity contribution in [2.24, 2.45) is 4.99 Å².